The lowest BCUT2D eigenvalue weighted by Gasteiger charge is -2.13. The number of methoxy groups -OCH3 is 1. The molecule has 0 aliphatic carbocycles. The van der Waals surface area contributed by atoms with Crippen LogP contribution in [-0.2, 0) is 6.61 Å². The third-order valence-electron chi connectivity index (χ3n) is 4.42. The van der Waals surface area contributed by atoms with Gasteiger partial charge in [-0.3, -0.25) is 5.43 Å². The molecule has 5 nitrogen and oxygen atoms in total. The molecule has 30 heavy (non-hydrogen) atoms. The molecule has 0 spiro atoms. The summed E-state index contributed by atoms with van der Waals surface area (Å²) in [6.07, 6.45) is 1.75. The van der Waals surface area contributed by atoms with Crippen molar-refractivity contribution in [3.63, 3.8) is 0 Å². The summed E-state index contributed by atoms with van der Waals surface area (Å²) in [6, 6.07) is 20.3. The predicted molar refractivity (Wildman–Crippen MR) is 132 cm³/mol. The summed E-state index contributed by atoms with van der Waals surface area (Å²) in [5, 5.41) is 5.08. The molecular weight excluding hydrogens is 509 g/mol. The fourth-order valence-corrected chi connectivity index (χ4v) is 4.47. The summed E-state index contributed by atoms with van der Waals surface area (Å²) in [7, 11) is 1.64. The molecule has 4 rings (SSSR count). The molecule has 0 atom stereocenters. The molecular formula is C23H20IN3O2S. The highest BCUT2D eigenvalue weighted by Crippen LogP contribution is 2.34. The van der Waals surface area contributed by atoms with Gasteiger partial charge in [-0.15, -0.1) is 0 Å². The van der Waals surface area contributed by atoms with Crippen LogP contribution in [0.25, 0.3) is 10.2 Å². The number of nitrogens with zero attached hydrogens (tertiary/aromatic N) is 2. The SMILES string of the molecule is COc1cc(/C=N/Nc2nc3ccccc3s2)cc(I)c1OCc1ccc(C)cc1. The number of aromatic nitrogens is 1. The summed E-state index contributed by atoms with van der Waals surface area (Å²) in [5.74, 6) is 1.41. The second-order valence-corrected chi connectivity index (χ2v) is 8.86. The van der Waals surface area contributed by atoms with Crippen molar-refractivity contribution in [1.29, 1.82) is 0 Å². The van der Waals surface area contributed by atoms with E-state index in [1.165, 1.54) is 5.56 Å². The number of halogens is 1. The molecule has 1 aromatic heterocycles. The lowest BCUT2D eigenvalue weighted by molar-refractivity contribution is 0.282. The van der Waals surface area contributed by atoms with E-state index in [1.807, 2.05) is 36.4 Å². The van der Waals surface area contributed by atoms with Crippen LogP contribution < -0.4 is 14.9 Å². The average molecular weight is 529 g/mol. The summed E-state index contributed by atoms with van der Waals surface area (Å²) in [4.78, 5) is 4.52. The molecule has 1 N–H and O–H groups in total. The number of rotatable bonds is 7. The minimum atomic E-state index is 0.485. The minimum Gasteiger partial charge on any atom is -0.493 e. The Morgan fingerprint density at radius 3 is 2.70 bits per heavy atom. The maximum absolute atomic E-state index is 6.05. The molecule has 4 aromatic rings. The summed E-state index contributed by atoms with van der Waals surface area (Å²) in [6.45, 7) is 2.56. The third-order valence-corrected chi connectivity index (χ3v) is 6.17. The standard InChI is InChI=1S/C23H20IN3O2S/c1-15-7-9-16(10-8-15)14-29-22-18(24)11-17(12-20(22)28-2)13-25-27-23-26-19-5-3-4-6-21(19)30-23/h3-13H,14H2,1-2H3,(H,26,27)/b25-13+. The second-order valence-electron chi connectivity index (χ2n) is 6.67. The first-order valence-electron chi connectivity index (χ1n) is 9.33. The van der Waals surface area contributed by atoms with E-state index >= 15 is 0 Å². The number of hydrazone groups is 1. The Kier molecular flexibility index (Phi) is 6.49. The van der Waals surface area contributed by atoms with Gasteiger partial charge in [0.05, 0.1) is 27.1 Å². The second kappa shape index (κ2) is 9.44. The van der Waals surface area contributed by atoms with Crippen LogP contribution >= 0.6 is 33.9 Å². The van der Waals surface area contributed by atoms with Crippen LogP contribution in [0.3, 0.4) is 0 Å². The lowest BCUT2D eigenvalue weighted by atomic mass is 10.2. The Hall–Kier alpha value is -2.65. The highest BCUT2D eigenvalue weighted by molar-refractivity contribution is 14.1. The number of thiazole rings is 1. The molecule has 3 aromatic carbocycles. The van der Waals surface area contributed by atoms with Crippen molar-refractivity contribution in [3.05, 3.63) is 80.9 Å². The minimum absolute atomic E-state index is 0.485. The number of aryl methyl sites for hydroxylation is 1. The molecule has 152 valence electrons. The van der Waals surface area contributed by atoms with E-state index in [-0.39, 0.29) is 0 Å². The molecule has 0 amide bonds. The number of fused-ring (bicyclic) bond motifs is 1. The van der Waals surface area contributed by atoms with Gasteiger partial charge >= 0.3 is 0 Å². The van der Waals surface area contributed by atoms with E-state index in [0.29, 0.717) is 12.4 Å². The Morgan fingerprint density at radius 1 is 1.13 bits per heavy atom. The number of hydrogen-bond donors (Lipinski definition) is 1. The van der Waals surface area contributed by atoms with Crippen molar-refractivity contribution in [2.24, 2.45) is 5.10 Å². The van der Waals surface area contributed by atoms with E-state index in [4.69, 9.17) is 9.47 Å². The van der Waals surface area contributed by atoms with E-state index in [9.17, 15) is 0 Å². The monoisotopic (exact) mass is 529 g/mol. The van der Waals surface area contributed by atoms with Gasteiger partial charge in [0.1, 0.15) is 6.61 Å². The number of benzene rings is 3. The van der Waals surface area contributed by atoms with Crippen molar-refractivity contribution in [2.75, 3.05) is 12.5 Å². The van der Waals surface area contributed by atoms with Gasteiger partial charge < -0.3 is 9.47 Å². The van der Waals surface area contributed by atoms with Crippen LogP contribution in [0.5, 0.6) is 11.5 Å². The van der Waals surface area contributed by atoms with E-state index in [0.717, 1.165) is 35.8 Å². The van der Waals surface area contributed by atoms with Crippen LogP contribution in [0.15, 0.2) is 65.8 Å². The Morgan fingerprint density at radius 2 is 1.93 bits per heavy atom. The van der Waals surface area contributed by atoms with Gasteiger partial charge in [0.2, 0.25) is 5.13 Å². The summed E-state index contributed by atoms with van der Waals surface area (Å²) >= 11 is 3.83. The smallest absolute Gasteiger partial charge is 0.204 e. The summed E-state index contributed by atoms with van der Waals surface area (Å²) in [5.41, 5.74) is 7.23. The molecule has 0 bridgehead atoms. The summed E-state index contributed by atoms with van der Waals surface area (Å²) < 4.78 is 13.7. The number of hydrogen-bond acceptors (Lipinski definition) is 6. The number of para-hydroxylation sites is 1. The molecule has 0 radical (unpaired) electrons. The quantitative estimate of drug-likeness (QED) is 0.175. The molecule has 1 heterocycles. The Labute approximate surface area is 192 Å². The van der Waals surface area contributed by atoms with Gasteiger partial charge in [-0.2, -0.15) is 5.10 Å². The van der Waals surface area contributed by atoms with Crippen molar-refractivity contribution in [2.45, 2.75) is 13.5 Å². The zero-order valence-corrected chi connectivity index (χ0v) is 19.5. The number of ether oxygens (including phenoxy) is 2. The van der Waals surface area contributed by atoms with Crippen molar-refractivity contribution in [1.82, 2.24) is 4.98 Å². The molecule has 0 fully saturated rings. The molecule has 0 unspecified atom stereocenters. The predicted octanol–water partition coefficient (Wildman–Crippen LogP) is 6.24. The van der Waals surface area contributed by atoms with Crippen LogP contribution in [0.1, 0.15) is 16.7 Å². The number of anilines is 1. The highest BCUT2D eigenvalue weighted by Gasteiger charge is 2.11. The molecule has 0 saturated heterocycles. The fourth-order valence-electron chi connectivity index (χ4n) is 2.88. The maximum Gasteiger partial charge on any atom is 0.204 e. The van der Waals surface area contributed by atoms with Gasteiger partial charge in [-0.1, -0.05) is 53.3 Å². The first kappa shape index (κ1) is 20.6. The normalized spacial score (nSPS) is 11.2. The highest BCUT2D eigenvalue weighted by atomic mass is 127. The van der Waals surface area contributed by atoms with Crippen molar-refractivity contribution >= 4 is 55.5 Å². The van der Waals surface area contributed by atoms with Crippen molar-refractivity contribution in [3.8, 4) is 11.5 Å². The van der Waals surface area contributed by atoms with Gasteiger partial charge in [0.25, 0.3) is 0 Å². The Bertz CT molecular complexity index is 1160. The van der Waals surface area contributed by atoms with Crippen LogP contribution in [0.4, 0.5) is 5.13 Å². The molecule has 0 aliphatic heterocycles. The maximum atomic E-state index is 6.05. The molecule has 0 saturated carbocycles. The topological polar surface area (TPSA) is 55.7 Å². The van der Waals surface area contributed by atoms with Gasteiger partial charge in [-0.05, 0) is 64.9 Å². The fraction of sp³-hybridized carbons (Fsp3) is 0.130. The van der Waals surface area contributed by atoms with Crippen LogP contribution in [0, 0.1) is 10.5 Å². The van der Waals surface area contributed by atoms with Gasteiger partial charge in [0, 0.05) is 0 Å². The van der Waals surface area contributed by atoms with Gasteiger partial charge in [0.15, 0.2) is 11.5 Å². The zero-order valence-electron chi connectivity index (χ0n) is 16.6. The van der Waals surface area contributed by atoms with Crippen molar-refractivity contribution < 1.29 is 9.47 Å². The lowest BCUT2D eigenvalue weighted by Crippen LogP contribution is -2.01. The average Bonchev–Trinajstić information content (AvgIpc) is 3.16. The Balaban J connectivity index is 1.46. The largest absolute Gasteiger partial charge is 0.493 e. The molecule has 7 heteroatoms. The van der Waals surface area contributed by atoms with Gasteiger partial charge in [-0.25, -0.2) is 4.98 Å². The van der Waals surface area contributed by atoms with E-state index < -0.39 is 0 Å². The van der Waals surface area contributed by atoms with Crippen LogP contribution in [0.2, 0.25) is 0 Å². The first-order chi connectivity index (χ1) is 14.6. The first-order valence-corrected chi connectivity index (χ1v) is 11.2. The zero-order chi connectivity index (χ0) is 20.9. The number of nitrogens with one attached hydrogen (secondary N) is 1. The van der Waals surface area contributed by atoms with E-state index in [1.54, 1.807) is 24.7 Å². The van der Waals surface area contributed by atoms with E-state index in [2.05, 4.69) is 69.3 Å². The third kappa shape index (κ3) is 4.91. The van der Waals surface area contributed by atoms with Crippen LogP contribution in [-0.4, -0.2) is 18.3 Å². The molecule has 0 aliphatic rings.